The van der Waals surface area contributed by atoms with Gasteiger partial charge in [-0.15, -0.1) is 0 Å². The van der Waals surface area contributed by atoms with Crippen LogP contribution < -0.4 is 5.32 Å². The van der Waals surface area contributed by atoms with E-state index in [0.717, 1.165) is 19.5 Å². The molecule has 0 saturated heterocycles. The van der Waals surface area contributed by atoms with Crippen LogP contribution >= 0.6 is 0 Å². The van der Waals surface area contributed by atoms with Gasteiger partial charge in [-0.1, -0.05) is 25.0 Å². The van der Waals surface area contributed by atoms with Gasteiger partial charge < -0.3 is 5.32 Å². The van der Waals surface area contributed by atoms with Gasteiger partial charge in [0.05, 0.1) is 12.4 Å². The summed E-state index contributed by atoms with van der Waals surface area (Å²) in [6, 6.07) is 0. The average Bonchev–Trinajstić information content (AvgIpc) is 2.69. The number of nitrogens with one attached hydrogen (secondary N) is 1. The predicted octanol–water partition coefficient (Wildman–Crippen LogP) is 2.90. The van der Waals surface area contributed by atoms with E-state index in [4.69, 9.17) is 0 Å². The van der Waals surface area contributed by atoms with Crippen molar-refractivity contribution in [2.24, 2.45) is 4.99 Å². The maximum absolute atomic E-state index is 4.38. The van der Waals surface area contributed by atoms with Crippen LogP contribution in [0.5, 0.6) is 0 Å². The third kappa shape index (κ3) is 5.05. The third-order valence-electron chi connectivity index (χ3n) is 2.51. The molecule has 1 aliphatic heterocycles. The zero-order valence-electron chi connectivity index (χ0n) is 9.26. The molecule has 2 nitrogen and oxygen atoms in total. The Hall–Kier alpha value is -0.790. The Labute approximate surface area is 87.5 Å². The highest BCUT2D eigenvalue weighted by molar-refractivity contribution is 5.83. The number of rotatable bonds is 7. The lowest BCUT2D eigenvalue weighted by molar-refractivity contribution is 0.656. The second kappa shape index (κ2) is 7.60. The molecule has 0 bridgehead atoms. The van der Waals surface area contributed by atoms with Crippen molar-refractivity contribution in [2.75, 3.05) is 13.1 Å². The second-order valence-electron chi connectivity index (χ2n) is 3.78. The van der Waals surface area contributed by atoms with E-state index in [1.807, 2.05) is 0 Å². The normalized spacial score (nSPS) is 15.9. The highest BCUT2D eigenvalue weighted by Crippen LogP contribution is 2.07. The summed E-state index contributed by atoms with van der Waals surface area (Å²) in [5.41, 5.74) is 0. The van der Waals surface area contributed by atoms with E-state index in [2.05, 4.69) is 29.4 Å². The van der Waals surface area contributed by atoms with E-state index in [1.165, 1.54) is 37.9 Å². The fourth-order valence-corrected chi connectivity index (χ4v) is 1.69. The Bertz CT molecular complexity index is 194. The van der Waals surface area contributed by atoms with Crippen LogP contribution in [0.3, 0.4) is 0 Å². The molecular weight excluding hydrogens is 172 g/mol. The van der Waals surface area contributed by atoms with Crippen LogP contribution in [0.1, 0.15) is 45.4 Å². The van der Waals surface area contributed by atoms with Gasteiger partial charge in [-0.25, -0.2) is 0 Å². The van der Waals surface area contributed by atoms with E-state index in [9.17, 15) is 0 Å². The highest BCUT2D eigenvalue weighted by Gasteiger charge is 2.03. The summed E-state index contributed by atoms with van der Waals surface area (Å²) in [7, 11) is 0. The van der Waals surface area contributed by atoms with Gasteiger partial charge in [0, 0.05) is 13.0 Å². The molecule has 0 spiro atoms. The summed E-state index contributed by atoms with van der Waals surface area (Å²) in [5.74, 6) is 1.23. The molecular formula is C12H22N2. The maximum atomic E-state index is 4.38. The monoisotopic (exact) mass is 194 g/mol. The maximum Gasteiger partial charge on any atom is 0.0964 e. The summed E-state index contributed by atoms with van der Waals surface area (Å²) < 4.78 is 0. The molecule has 0 aliphatic carbocycles. The van der Waals surface area contributed by atoms with Gasteiger partial charge in [-0.05, 0) is 26.2 Å². The molecule has 1 aliphatic rings. The molecule has 0 aromatic carbocycles. The number of unbranched alkanes of at least 4 members (excludes halogenated alkanes) is 4. The Morgan fingerprint density at radius 2 is 2.14 bits per heavy atom. The van der Waals surface area contributed by atoms with Crippen LogP contribution in [-0.4, -0.2) is 18.9 Å². The van der Waals surface area contributed by atoms with Gasteiger partial charge in [0.1, 0.15) is 0 Å². The van der Waals surface area contributed by atoms with Crippen molar-refractivity contribution in [3.8, 4) is 0 Å². The molecule has 0 aromatic heterocycles. The molecule has 0 aromatic rings. The van der Waals surface area contributed by atoms with Crippen molar-refractivity contribution in [2.45, 2.75) is 45.4 Å². The SMILES string of the molecule is C/C=C/CCCCCCC1=NCCN1. The van der Waals surface area contributed by atoms with Gasteiger partial charge in [0.2, 0.25) is 0 Å². The van der Waals surface area contributed by atoms with Crippen molar-refractivity contribution in [1.29, 1.82) is 0 Å². The van der Waals surface area contributed by atoms with Crippen molar-refractivity contribution < 1.29 is 0 Å². The average molecular weight is 194 g/mol. The van der Waals surface area contributed by atoms with Crippen LogP contribution in [0.4, 0.5) is 0 Å². The van der Waals surface area contributed by atoms with E-state index < -0.39 is 0 Å². The van der Waals surface area contributed by atoms with E-state index in [0.29, 0.717) is 0 Å². The lowest BCUT2D eigenvalue weighted by Crippen LogP contribution is -2.17. The standard InChI is InChI=1S/C12H22N2/c1-2-3-4-5-6-7-8-9-12-13-10-11-14-12/h2-3H,4-11H2,1H3,(H,13,14)/b3-2+. The first-order valence-electron chi connectivity index (χ1n) is 5.82. The fraction of sp³-hybridized carbons (Fsp3) is 0.750. The number of nitrogens with zero attached hydrogens (tertiary/aromatic N) is 1. The molecule has 0 saturated carbocycles. The Morgan fingerprint density at radius 3 is 2.86 bits per heavy atom. The fourth-order valence-electron chi connectivity index (χ4n) is 1.69. The molecule has 1 rings (SSSR count). The summed E-state index contributed by atoms with van der Waals surface area (Å²) in [6.45, 7) is 4.12. The van der Waals surface area contributed by atoms with Crippen LogP contribution in [0.2, 0.25) is 0 Å². The molecule has 0 fully saturated rings. The molecule has 0 amide bonds. The second-order valence-corrected chi connectivity index (χ2v) is 3.78. The summed E-state index contributed by atoms with van der Waals surface area (Å²) in [5, 5.41) is 3.31. The molecule has 2 heteroatoms. The first kappa shape index (κ1) is 11.3. The van der Waals surface area contributed by atoms with E-state index in [-0.39, 0.29) is 0 Å². The van der Waals surface area contributed by atoms with Crippen molar-refractivity contribution in [3.05, 3.63) is 12.2 Å². The molecule has 1 N–H and O–H groups in total. The zero-order chi connectivity index (χ0) is 10.1. The third-order valence-corrected chi connectivity index (χ3v) is 2.51. The minimum atomic E-state index is 0.983. The Kier molecular flexibility index (Phi) is 6.13. The number of allylic oxidation sites excluding steroid dienone is 2. The number of aliphatic imine (C=N–C) groups is 1. The first-order chi connectivity index (χ1) is 6.93. The Morgan fingerprint density at radius 1 is 1.29 bits per heavy atom. The van der Waals surface area contributed by atoms with Crippen molar-refractivity contribution in [1.82, 2.24) is 5.32 Å². The zero-order valence-corrected chi connectivity index (χ0v) is 9.26. The molecule has 0 radical (unpaired) electrons. The van der Waals surface area contributed by atoms with Crippen molar-refractivity contribution in [3.63, 3.8) is 0 Å². The van der Waals surface area contributed by atoms with Gasteiger partial charge in [0.15, 0.2) is 0 Å². The summed E-state index contributed by atoms with van der Waals surface area (Å²) in [4.78, 5) is 4.38. The summed E-state index contributed by atoms with van der Waals surface area (Å²) in [6.07, 6.45) is 12.1. The summed E-state index contributed by atoms with van der Waals surface area (Å²) >= 11 is 0. The van der Waals surface area contributed by atoms with Gasteiger partial charge >= 0.3 is 0 Å². The van der Waals surface area contributed by atoms with Gasteiger partial charge in [-0.2, -0.15) is 0 Å². The van der Waals surface area contributed by atoms with E-state index >= 15 is 0 Å². The molecule has 1 heterocycles. The Balaban J connectivity index is 1.84. The smallest absolute Gasteiger partial charge is 0.0964 e. The highest BCUT2D eigenvalue weighted by atomic mass is 15.1. The van der Waals surface area contributed by atoms with Crippen molar-refractivity contribution >= 4 is 5.84 Å². The predicted molar refractivity (Wildman–Crippen MR) is 62.8 cm³/mol. The lowest BCUT2D eigenvalue weighted by atomic mass is 10.1. The van der Waals surface area contributed by atoms with Crippen LogP contribution in [0, 0.1) is 0 Å². The van der Waals surface area contributed by atoms with Crippen LogP contribution in [-0.2, 0) is 0 Å². The minimum absolute atomic E-state index is 0.983. The quantitative estimate of drug-likeness (QED) is 0.489. The number of hydrogen-bond donors (Lipinski definition) is 1. The largest absolute Gasteiger partial charge is 0.372 e. The van der Waals surface area contributed by atoms with Crippen LogP contribution in [0.15, 0.2) is 17.1 Å². The number of hydrogen-bond acceptors (Lipinski definition) is 2. The minimum Gasteiger partial charge on any atom is -0.372 e. The molecule has 0 unspecified atom stereocenters. The lowest BCUT2D eigenvalue weighted by Gasteiger charge is -2.01. The van der Waals surface area contributed by atoms with Gasteiger partial charge in [-0.3, -0.25) is 4.99 Å². The van der Waals surface area contributed by atoms with Gasteiger partial charge in [0.25, 0.3) is 0 Å². The number of amidine groups is 1. The van der Waals surface area contributed by atoms with E-state index in [1.54, 1.807) is 0 Å². The van der Waals surface area contributed by atoms with Crippen LogP contribution in [0.25, 0.3) is 0 Å². The first-order valence-corrected chi connectivity index (χ1v) is 5.82. The molecule has 80 valence electrons. The molecule has 0 atom stereocenters. The molecule has 14 heavy (non-hydrogen) atoms. The topological polar surface area (TPSA) is 24.4 Å².